The van der Waals surface area contributed by atoms with Gasteiger partial charge in [0.25, 0.3) is 11.4 Å². The van der Waals surface area contributed by atoms with Crippen LogP contribution >= 0.6 is 0 Å². The topological polar surface area (TPSA) is 146 Å². The Labute approximate surface area is 195 Å². The highest BCUT2D eigenvalue weighted by Crippen LogP contribution is 2.32. The highest BCUT2D eigenvalue weighted by molar-refractivity contribution is 7.85. The van der Waals surface area contributed by atoms with Crippen molar-refractivity contribution in [3.63, 3.8) is 0 Å². The SMILES string of the molecule is CCOC1=C(OCC)C(=O)c2c(cccc2[S+]([O-])[n+]2ccc(C)cc2)C1=O.COS(=O)(=O)[O-]. The third-order valence-corrected chi connectivity index (χ3v) is 6.00. The number of hydrogen-bond acceptors (Lipinski definition) is 9. The molecule has 0 saturated carbocycles. The maximum Gasteiger partial charge on any atom is 0.275 e. The number of hydrogen-bond donors (Lipinski definition) is 0. The Morgan fingerprint density at radius 2 is 1.48 bits per heavy atom. The van der Waals surface area contributed by atoms with Crippen LogP contribution in [0.1, 0.15) is 40.1 Å². The maximum absolute atomic E-state index is 13.1. The number of allylic oxidation sites excluding steroid dienone is 2. The highest BCUT2D eigenvalue weighted by atomic mass is 32.3. The molecule has 1 aromatic carbocycles. The molecule has 12 heteroatoms. The molecule has 0 bridgehead atoms. The predicted molar refractivity (Wildman–Crippen MR) is 115 cm³/mol. The Balaban J connectivity index is 0.000000569. The number of ketones is 2. The number of carbonyl (C=O) groups is 2. The van der Waals surface area contributed by atoms with Gasteiger partial charge in [0.1, 0.15) is 0 Å². The number of ether oxygens (including phenoxy) is 2. The zero-order valence-corrected chi connectivity index (χ0v) is 20.0. The molecule has 0 fully saturated rings. The minimum Gasteiger partial charge on any atom is -0.726 e. The normalized spacial score (nSPS) is 14.2. The first kappa shape index (κ1) is 26.5. The fourth-order valence-electron chi connectivity index (χ4n) is 2.80. The lowest BCUT2D eigenvalue weighted by molar-refractivity contribution is -0.511. The van der Waals surface area contributed by atoms with Crippen molar-refractivity contribution in [1.82, 2.24) is 0 Å². The van der Waals surface area contributed by atoms with Gasteiger partial charge in [-0.25, -0.2) is 8.42 Å². The molecule has 0 saturated heterocycles. The lowest BCUT2D eigenvalue weighted by atomic mass is 9.92. The predicted octanol–water partition coefficient (Wildman–Crippen LogP) is 1.61. The van der Waals surface area contributed by atoms with E-state index >= 15 is 0 Å². The zero-order valence-electron chi connectivity index (χ0n) is 18.4. The van der Waals surface area contributed by atoms with Crippen LogP contribution in [0.25, 0.3) is 0 Å². The number of carbonyl (C=O) groups excluding carboxylic acids is 2. The molecule has 178 valence electrons. The van der Waals surface area contributed by atoms with Crippen LogP contribution in [-0.2, 0) is 35.4 Å². The summed E-state index contributed by atoms with van der Waals surface area (Å²) in [6.07, 6.45) is 3.34. The van der Waals surface area contributed by atoms with E-state index in [-0.39, 0.29) is 40.8 Å². The smallest absolute Gasteiger partial charge is 0.275 e. The highest BCUT2D eigenvalue weighted by Gasteiger charge is 2.41. The first-order chi connectivity index (χ1) is 15.6. The van der Waals surface area contributed by atoms with Crippen LogP contribution in [-0.4, -0.2) is 49.4 Å². The third kappa shape index (κ3) is 6.39. The van der Waals surface area contributed by atoms with Gasteiger partial charge in [-0.2, -0.15) is 0 Å². The van der Waals surface area contributed by atoms with Gasteiger partial charge in [0.2, 0.25) is 50.8 Å². The van der Waals surface area contributed by atoms with E-state index in [2.05, 4.69) is 4.18 Å². The minimum absolute atomic E-state index is 0.0947. The number of Topliss-reactive ketones (excluding diaryl/α,β-unsaturated/α-hetero) is 2. The Morgan fingerprint density at radius 1 is 0.970 bits per heavy atom. The summed E-state index contributed by atoms with van der Waals surface area (Å²) in [5.41, 5.74) is 1.29. The molecule has 33 heavy (non-hydrogen) atoms. The summed E-state index contributed by atoms with van der Waals surface area (Å²) >= 11 is -1.69. The van der Waals surface area contributed by atoms with Crippen LogP contribution in [0.15, 0.2) is 59.1 Å². The summed E-state index contributed by atoms with van der Waals surface area (Å²) in [4.78, 5) is 26.2. The van der Waals surface area contributed by atoms with E-state index in [9.17, 15) is 27.1 Å². The monoisotopic (exact) mass is 497 g/mol. The van der Waals surface area contributed by atoms with Crippen LogP contribution < -0.4 is 3.97 Å². The largest absolute Gasteiger partial charge is 0.726 e. The van der Waals surface area contributed by atoms with E-state index < -0.39 is 33.3 Å². The zero-order chi connectivity index (χ0) is 24.8. The Kier molecular flexibility index (Phi) is 9.14. The van der Waals surface area contributed by atoms with Gasteiger partial charge >= 0.3 is 0 Å². The molecule has 1 aromatic heterocycles. The molecular weight excluding hydrogens is 474 g/mol. The number of aromatic nitrogens is 1. The summed E-state index contributed by atoms with van der Waals surface area (Å²) < 4.78 is 56.4. The number of pyridine rings is 1. The first-order valence-electron chi connectivity index (χ1n) is 9.69. The fraction of sp³-hybridized carbons (Fsp3) is 0.286. The van der Waals surface area contributed by atoms with Crippen LogP contribution in [0.5, 0.6) is 0 Å². The third-order valence-electron chi connectivity index (χ3n) is 4.25. The summed E-state index contributed by atoms with van der Waals surface area (Å²) in [6, 6.07) is 8.37. The summed E-state index contributed by atoms with van der Waals surface area (Å²) in [7, 11) is -3.60. The average molecular weight is 498 g/mol. The van der Waals surface area contributed by atoms with E-state index in [0.29, 0.717) is 0 Å². The maximum atomic E-state index is 13.1. The molecule has 1 aliphatic carbocycles. The van der Waals surface area contributed by atoms with Crippen LogP contribution in [0.4, 0.5) is 0 Å². The van der Waals surface area contributed by atoms with Gasteiger partial charge in [-0.3, -0.25) is 13.8 Å². The lowest BCUT2D eigenvalue weighted by Crippen LogP contribution is -2.43. The van der Waals surface area contributed by atoms with Crippen molar-refractivity contribution in [2.24, 2.45) is 0 Å². The molecule has 3 rings (SSSR count). The number of fused-ring (bicyclic) bond motifs is 1. The van der Waals surface area contributed by atoms with Gasteiger partial charge in [-0.1, -0.05) is 6.07 Å². The standard InChI is InChI=1S/C20H20NO5S.CH4O4S/c1-4-25-19-17(22)14-7-6-8-15(16(14)18(23)20(19)26-5-2)27(24)21-11-9-13(3)10-12-21;1-5-6(2,3)4/h6-12H,4-5H2,1-3H3;1H3,(H,2,3,4)/q+1;/p-1. The summed E-state index contributed by atoms with van der Waals surface area (Å²) in [6.45, 7) is 5.80. The Bertz CT molecular complexity index is 1160. The van der Waals surface area contributed by atoms with E-state index in [1.807, 2.05) is 19.1 Å². The number of aryl methyl sites for hydroxylation is 1. The van der Waals surface area contributed by atoms with Crippen molar-refractivity contribution in [1.29, 1.82) is 0 Å². The van der Waals surface area contributed by atoms with Gasteiger partial charge in [-0.15, -0.1) is 0 Å². The molecule has 0 radical (unpaired) electrons. The summed E-state index contributed by atoms with van der Waals surface area (Å²) in [5, 5.41) is 0. The minimum atomic E-state index is -4.41. The molecular formula is C21H23NO9S2. The fourth-order valence-corrected chi connectivity index (χ4v) is 3.95. The first-order valence-corrected chi connectivity index (χ1v) is 12.1. The van der Waals surface area contributed by atoms with E-state index in [1.165, 1.54) is 10.0 Å². The Hall–Kier alpha value is -2.77. The molecule has 0 aliphatic heterocycles. The molecule has 0 N–H and O–H groups in total. The van der Waals surface area contributed by atoms with Crippen molar-refractivity contribution in [3.05, 3.63) is 70.9 Å². The Morgan fingerprint density at radius 3 is 1.97 bits per heavy atom. The van der Waals surface area contributed by atoms with E-state index in [4.69, 9.17) is 9.47 Å². The molecule has 1 atom stereocenters. The van der Waals surface area contributed by atoms with Crippen LogP contribution in [0.2, 0.25) is 0 Å². The second kappa shape index (κ2) is 11.4. The molecule has 1 unspecified atom stereocenters. The van der Waals surface area contributed by atoms with E-state index in [1.54, 1.807) is 38.4 Å². The van der Waals surface area contributed by atoms with Gasteiger partial charge in [0, 0.05) is 27.7 Å². The van der Waals surface area contributed by atoms with Crippen LogP contribution in [0.3, 0.4) is 0 Å². The van der Waals surface area contributed by atoms with Gasteiger partial charge in [-0.05, 0) is 32.4 Å². The molecule has 0 amide bonds. The molecule has 10 nitrogen and oxygen atoms in total. The summed E-state index contributed by atoms with van der Waals surface area (Å²) in [5.74, 6) is -1.16. The second-order valence-electron chi connectivity index (χ2n) is 6.42. The van der Waals surface area contributed by atoms with Crippen molar-refractivity contribution >= 4 is 33.3 Å². The number of rotatable bonds is 7. The molecule has 2 aromatic rings. The average Bonchev–Trinajstić information content (AvgIpc) is 2.79. The quantitative estimate of drug-likeness (QED) is 0.241. The lowest BCUT2D eigenvalue weighted by Gasteiger charge is -2.21. The van der Waals surface area contributed by atoms with Gasteiger partial charge < -0.3 is 18.6 Å². The number of nitrogens with zero attached hydrogens (tertiary/aromatic N) is 1. The molecule has 1 heterocycles. The van der Waals surface area contributed by atoms with Crippen molar-refractivity contribution < 1.29 is 44.7 Å². The second-order valence-corrected chi connectivity index (χ2v) is 8.93. The number of benzene rings is 1. The van der Waals surface area contributed by atoms with Gasteiger partial charge in [0.05, 0.1) is 25.9 Å². The molecule has 1 aliphatic rings. The van der Waals surface area contributed by atoms with Gasteiger partial charge in [0.15, 0.2) is 0 Å². The van der Waals surface area contributed by atoms with E-state index in [0.717, 1.165) is 12.7 Å². The van der Waals surface area contributed by atoms with Crippen molar-refractivity contribution in [2.45, 2.75) is 25.7 Å². The van der Waals surface area contributed by atoms with Crippen LogP contribution in [0, 0.1) is 6.92 Å². The van der Waals surface area contributed by atoms with Crippen molar-refractivity contribution in [3.8, 4) is 0 Å². The van der Waals surface area contributed by atoms with Crippen molar-refractivity contribution in [2.75, 3.05) is 20.3 Å². The molecule has 0 spiro atoms.